The van der Waals surface area contributed by atoms with Crippen LogP contribution in [0.4, 0.5) is 0 Å². The fourth-order valence-corrected chi connectivity index (χ4v) is 3.06. The molecule has 1 saturated heterocycles. The van der Waals surface area contributed by atoms with Crippen LogP contribution in [0.1, 0.15) is 25.3 Å². The Balaban J connectivity index is 0.00000192. The van der Waals surface area contributed by atoms with Crippen molar-refractivity contribution in [3.63, 3.8) is 0 Å². The lowest BCUT2D eigenvalue weighted by atomic mass is 10.1. The Morgan fingerprint density at radius 3 is 2.74 bits per heavy atom. The molecule has 4 nitrogen and oxygen atoms in total. The van der Waals surface area contributed by atoms with Gasteiger partial charge in [0.1, 0.15) is 0 Å². The molecule has 23 heavy (non-hydrogen) atoms. The molecule has 1 heterocycles. The van der Waals surface area contributed by atoms with Crippen LogP contribution >= 0.6 is 24.0 Å². The second-order valence-corrected chi connectivity index (χ2v) is 6.61. The maximum atomic E-state index is 5.89. The van der Waals surface area contributed by atoms with Crippen molar-refractivity contribution in [3.8, 4) is 0 Å². The molecular formula is C18H28IN3O. The molecule has 1 aromatic rings. The first kappa shape index (κ1) is 18.5. The Hall–Kier alpha value is -0.820. The maximum absolute atomic E-state index is 5.89. The van der Waals surface area contributed by atoms with Gasteiger partial charge in [-0.2, -0.15) is 0 Å². The van der Waals surface area contributed by atoms with Gasteiger partial charge in [-0.05, 0) is 24.3 Å². The van der Waals surface area contributed by atoms with Gasteiger partial charge in [0.25, 0.3) is 0 Å². The van der Waals surface area contributed by atoms with Crippen LogP contribution < -0.4 is 5.32 Å². The molecule has 0 spiro atoms. The second kappa shape index (κ2) is 8.87. The first-order valence-electron chi connectivity index (χ1n) is 8.36. The standard InChI is InChI=1S/C18H27N3O.HI/c1-14-10-17(14)20-18(19-2)21-9-8-16(11-21)13-22-12-15-6-4-3-5-7-15;/h3-7,14,16-17H,8-13H2,1-2H3,(H,19,20);1H. The third-order valence-corrected chi connectivity index (χ3v) is 4.69. The Bertz CT molecular complexity index is 508. The van der Waals surface area contributed by atoms with Crippen molar-refractivity contribution in [2.45, 2.75) is 32.4 Å². The average Bonchev–Trinajstić information content (AvgIpc) is 3.04. The summed E-state index contributed by atoms with van der Waals surface area (Å²) >= 11 is 0. The topological polar surface area (TPSA) is 36.9 Å². The predicted octanol–water partition coefficient (Wildman–Crippen LogP) is 3.13. The Kier molecular flexibility index (Phi) is 7.14. The van der Waals surface area contributed by atoms with E-state index < -0.39 is 0 Å². The number of hydrogen-bond acceptors (Lipinski definition) is 2. The van der Waals surface area contributed by atoms with E-state index in [2.05, 4.69) is 46.4 Å². The van der Waals surface area contributed by atoms with Crippen LogP contribution in [-0.4, -0.2) is 43.6 Å². The van der Waals surface area contributed by atoms with E-state index in [0.29, 0.717) is 18.6 Å². The largest absolute Gasteiger partial charge is 0.376 e. The molecule has 2 fully saturated rings. The smallest absolute Gasteiger partial charge is 0.193 e. The van der Waals surface area contributed by atoms with Gasteiger partial charge in [-0.1, -0.05) is 37.3 Å². The van der Waals surface area contributed by atoms with Crippen LogP contribution in [0.25, 0.3) is 0 Å². The molecule has 2 aliphatic rings. The number of guanidine groups is 1. The summed E-state index contributed by atoms with van der Waals surface area (Å²) in [4.78, 5) is 6.81. The molecule has 128 valence electrons. The van der Waals surface area contributed by atoms with Crippen LogP contribution in [-0.2, 0) is 11.3 Å². The molecule has 3 rings (SSSR count). The van der Waals surface area contributed by atoms with Gasteiger partial charge in [0.2, 0.25) is 0 Å². The number of rotatable bonds is 5. The highest BCUT2D eigenvalue weighted by molar-refractivity contribution is 14.0. The van der Waals surface area contributed by atoms with E-state index in [9.17, 15) is 0 Å². The summed E-state index contributed by atoms with van der Waals surface area (Å²) in [5, 5.41) is 3.57. The number of ether oxygens (including phenoxy) is 1. The molecule has 0 radical (unpaired) electrons. The molecule has 1 aromatic carbocycles. The van der Waals surface area contributed by atoms with Gasteiger partial charge in [0, 0.05) is 32.1 Å². The molecule has 0 amide bonds. The minimum atomic E-state index is 0. The van der Waals surface area contributed by atoms with Crippen molar-refractivity contribution in [1.82, 2.24) is 10.2 Å². The van der Waals surface area contributed by atoms with E-state index in [0.717, 1.165) is 31.6 Å². The van der Waals surface area contributed by atoms with E-state index >= 15 is 0 Å². The fourth-order valence-electron chi connectivity index (χ4n) is 3.06. The first-order valence-corrected chi connectivity index (χ1v) is 8.36. The van der Waals surface area contributed by atoms with Crippen LogP contribution in [0, 0.1) is 11.8 Å². The molecule has 3 unspecified atom stereocenters. The van der Waals surface area contributed by atoms with Gasteiger partial charge < -0.3 is 15.0 Å². The third-order valence-electron chi connectivity index (χ3n) is 4.69. The summed E-state index contributed by atoms with van der Waals surface area (Å²) < 4.78 is 5.89. The van der Waals surface area contributed by atoms with Gasteiger partial charge >= 0.3 is 0 Å². The van der Waals surface area contributed by atoms with Crippen molar-refractivity contribution in [3.05, 3.63) is 35.9 Å². The Labute approximate surface area is 156 Å². The van der Waals surface area contributed by atoms with Crippen molar-refractivity contribution < 1.29 is 4.74 Å². The monoisotopic (exact) mass is 429 g/mol. The van der Waals surface area contributed by atoms with Gasteiger partial charge in [0.05, 0.1) is 13.2 Å². The normalized spacial score (nSPS) is 26.8. The highest BCUT2D eigenvalue weighted by atomic mass is 127. The summed E-state index contributed by atoms with van der Waals surface area (Å²) in [5.74, 6) is 2.48. The lowest BCUT2D eigenvalue weighted by Gasteiger charge is -2.21. The number of nitrogens with zero attached hydrogens (tertiary/aromatic N) is 2. The molecular weight excluding hydrogens is 401 g/mol. The SMILES string of the molecule is CN=C(NC1CC1C)N1CCC(COCc2ccccc2)C1.I. The predicted molar refractivity (Wildman–Crippen MR) is 105 cm³/mol. The van der Waals surface area contributed by atoms with Gasteiger partial charge in [-0.3, -0.25) is 4.99 Å². The number of likely N-dealkylation sites (tertiary alicyclic amines) is 1. The van der Waals surface area contributed by atoms with E-state index in [1.807, 2.05) is 13.1 Å². The summed E-state index contributed by atoms with van der Waals surface area (Å²) in [5.41, 5.74) is 1.25. The zero-order valence-electron chi connectivity index (χ0n) is 14.1. The van der Waals surface area contributed by atoms with Gasteiger partial charge in [0.15, 0.2) is 5.96 Å². The lowest BCUT2D eigenvalue weighted by Crippen LogP contribution is -2.41. The zero-order chi connectivity index (χ0) is 15.4. The molecule has 0 bridgehead atoms. The van der Waals surface area contributed by atoms with Crippen LogP contribution in [0.2, 0.25) is 0 Å². The number of benzene rings is 1. The van der Waals surface area contributed by atoms with Crippen molar-refractivity contribution in [2.75, 3.05) is 26.7 Å². The van der Waals surface area contributed by atoms with E-state index in [1.165, 1.54) is 18.4 Å². The number of halogens is 1. The lowest BCUT2D eigenvalue weighted by molar-refractivity contribution is 0.0906. The highest BCUT2D eigenvalue weighted by Gasteiger charge is 2.35. The summed E-state index contributed by atoms with van der Waals surface area (Å²) in [6, 6.07) is 11.0. The zero-order valence-corrected chi connectivity index (χ0v) is 16.4. The number of nitrogens with one attached hydrogen (secondary N) is 1. The van der Waals surface area contributed by atoms with Crippen LogP contribution in [0.5, 0.6) is 0 Å². The first-order chi connectivity index (χ1) is 10.8. The van der Waals surface area contributed by atoms with Gasteiger partial charge in [-0.15, -0.1) is 24.0 Å². The molecule has 1 aliphatic carbocycles. The summed E-state index contributed by atoms with van der Waals surface area (Å²) in [7, 11) is 1.88. The second-order valence-electron chi connectivity index (χ2n) is 6.61. The number of hydrogen-bond donors (Lipinski definition) is 1. The van der Waals surface area contributed by atoms with E-state index in [4.69, 9.17) is 4.74 Å². The van der Waals surface area contributed by atoms with Crippen LogP contribution in [0.15, 0.2) is 35.3 Å². The summed E-state index contributed by atoms with van der Waals surface area (Å²) in [6.45, 7) is 5.97. The average molecular weight is 429 g/mol. The van der Waals surface area contributed by atoms with Crippen LogP contribution in [0.3, 0.4) is 0 Å². The molecule has 0 aromatic heterocycles. The molecule has 5 heteroatoms. The Morgan fingerprint density at radius 2 is 2.09 bits per heavy atom. The Morgan fingerprint density at radius 1 is 1.35 bits per heavy atom. The fraction of sp³-hybridized carbons (Fsp3) is 0.611. The summed E-state index contributed by atoms with van der Waals surface area (Å²) in [6.07, 6.45) is 2.46. The van der Waals surface area contributed by atoms with Crippen molar-refractivity contribution >= 4 is 29.9 Å². The quantitative estimate of drug-likeness (QED) is 0.444. The maximum Gasteiger partial charge on any atom is 0.193 e. The minimum absolute atomic E-state index is 0. The van der Waals surface area contributed by atoms with Crippen molar-refractivity contribution in [2.24, 2.45) is 16.8 Å². The van der Waals surface area contributed by atoms with E-state index in [-0.39, 0.29) is 24.0 Å². The van der Waals surface area contributed by atoms with Crippen molar-refractivity contribution in [1.29, 1.82) is 0 Å². The number of aliphatic imine (C=N–C) groups is 1. The van der Waals surface area contributed by atoms with E-state index in [1.54, 1.807) is 0 Å². The molecule has 3 atom stereocenters. The highest BCUT2D eigenvalue weighted by Crippen LogP contribution is 2.29. The molecule has 1 aliphatic heterocycles. The minimum Gasteiger partial charge on any atom is -0.376 e. The van der Waals surface area contributed by atoms with Gasteiger partial charge in [-0.25, -0.2) is 0 Å². The molecule has 1 N–H and O–H groups in total. The third kappa shape index (κ3) is 5.35. The molecule has 1 saturated carbocycles.